The van der Waals surface area contributed by atoms with E-state index in [0.717, 1.165) is 11.3 Å². The lowest BCUT2D eigenvalue weighted by Crippen LogP contribution is -2.25. The predicted molar refractivity (Wildman–Crippen MR) is 65.4 cm³/mol. The second kappa shape index (κ2) is 3.90. The first-order valence-electron chi connectivity index (χ1n) is 5.09. The topological polar surface area (TPSA) is 62.8 Å². The molecule has 88 valence electrons. The summed E-state index contributed by atoms with van der Waals surface area (Å²) < 4.78 is 10.5. The average Bonchev–Trinajstić information content (AvgIpc) is 2.85. The molecule has 1 unspecified atom stereocenters. The van der Waals surface area contributed by atoms with E-state index in [2.05, 4.69) is 10.6 Å². The molecule has 2 aliphatic rings. The van der Waals surface area contributed by atoms with Gasteiger partial charge in [0.25, 0.3) is 0 Å². The van der Waals surface area contributed by atoms with Gasteiger partial charge in [-0.05, 0) is 36.0 Å². The Balaban J connectivity index is 1.90. The summed E-state index contributed by atoms with van der Waals surface area (Å²) in [6.07, 6.45) is 1.02. The largest absolute Gasteiger partial charge is 0.454 e. The minimum absolute atomic E-state index is 0.252. The number of fused-ring (bicyclic) bond motifs is 1. The zero-order valence-corrected chi connectivity index (χ0v) is 9.58. The molecular formula is C11H10N2O3S. The lowest BCUT2D eigenvalue weighted by Gasteiger charge is -2.03. The molecule has 2 aliphatic heterocycles. The van der Waals surface area contributed by atoms with Crippen LogP contribution in [0.2, 0.25) is 0 Å². The number of rotatable bonds is 1. The number of thiocarbonyl (C=S) groups is 1. The van der Waals surface area contributed by atoms with E-state index < -0.39 is 6.23 Å². The molecule has 1 aromatic carbocycles. The van der Waals surface area contributed by atoms with E-state index in [0.29, 0.717) is 16.6 Å². The Morgan fingerprint density at radius 1 is 1.35 bits per heavy atom. The minimum atomic E-state index is -0.784. The van der Waals surface area contributed by atoms with Crippen molar-refractivity contribution < 1.29 is 14.6 Å². The number of ether oxygens (including phenoxy) is 2. The van der Waals surface area contributed by atoms with Crippen LogP contribution in [0.25, 0.3) is 6.08 Å². The Hall–Kier alpha value is -1.79. The Labute approximate surface area is 103 Å². The summed E-state index contributed by atoms with van der Waals surface area (Å²) in [5, 5.41) is 15.6. The number of hydrogen-bond acceptors (Lipinski definition) is 4. The van der Waals surface area contributed by atoms with E-state index in [9.17, 15) is 5.11 Å². The van der Waals surface area contributed by atoms with E-state index in [1.54, 1.807) is 6.08 Å². The van der Waals surface area contributed by atoms with Gasteiger partial charge >= 0.3 is 0 Å². The minimum Gasteiger partial charge on any atom is -0.454 e. The Kier molecular flexibility index (Phi) is 2.38. The molecular weight excluding hydrogens is 240 g/mol. The lowest BCUT2D eigenvalue weighted by molar-refractivity contribution is 0.174. The molecule has 0 radical (unpaired) electrons. The quantitative estimate of drug-likeness (QED) is 0.633. The molecule has 1 atom stereocenters. The van der Waals surface area contributed by atoms with Gasteiger partial charge in [0.15, 0.2) is 22.8 Å². The summed E-state index contributed by atoms with van der Waals surface area (Å²) >= 11 is 4.90. The zero-order chi connectivity index (χ0) is 11.8. The first-order valence-corrected chi connectivity index (χ1v) is 5.50. The molecule has 0 spiro atoms. The summed E-state index contributed by atoms with van der Waals surface area (Å²) in [6.45, 7) is 0.252. The van der Waals surface area contributed by atoms with E-state index >= 15 is 0 Å². The average molecular weight is 250 g/mol. The smallest absolute Gasteiger partial charge is 0.231 e. The summed E-state index contributed by atoms with van der Waals surface area (Å²) in [5.41, 5.74) is 1.52. The molecule has 1 aromatic rings. The van der Waals surface area contributed by atoms with Gasteiger partial charge in [-0.1, -0.05) is 6.07 Å². The predicted octanol–water partition coefficient (Wildman–Crippen LogP) is 0.552. The highest BCUT2D eigenvalue weighted by Crippen LogP contribution is 2.33. The van der Waals surface area contributed by atoms with Gasteiger partial charge in [-0.3, -0.25) is 0 Å². The van der Waals surface area contributed by atoms with Crippen molar-refractivity contribution in [1.82, 2.24) is 10.6 Å². The highest BCUT2D eigenvalue weighted by Gasteiger charge is 2.21. The maximum Gasteiger partial charge on any atom is 0.231 e. The van der Waals surface area contributed by atoms with Gasteiger partial charge in [0.2, 0.25) is 6.79 Å². The number of aliphatic hydroxyl groups excluding tert-OH is 1. The number of aliphatic hydroxyl groups is 1. The maximum absolute atomic E-state index is 9.63. The van der Waals surface area contributed by atoms with Crippen molar-refractivity contribution in [2.75, 3.05) is 6.79 Å². The molecule has 0 aromatic heterocycles. The molecule has 0 amide bonds. The summed E-state index contributed by atoms with van der Waals surface area (Å²) in [5.74, 6) is 1.45. The number of hydrogen-bond donors (Lipinski definition) is 3. The van der Waals surface area contributed by atoms with Gasteiger partial charge in [-0.25, -0.2) is 0 Å². The summed E-state index contributed by atoms with van der Waals surface area (Å²) in [7, 11) is 0. The van der Waals surface area contributed by atoms with Crippen molar-refractivity contribution in [1.29, 1.82) is 0 Å². The molecule has 0 bridgehead atoms. The molecule has 1 fully saturated rings. The van der Waals surface area contributed by atoms with Crippen LogP contribution in [0.1, 0.15) is 5.56 Å². The first kappa shape index (κ1) is 10.4. The van der Waals surface area contributed by atoms with E-state index in [1.165, 1.54) is 0 Å². The van der Waals surface area contributed by atoms with Crippen LogP contribution >= 0.6 is 12.2 Å². The fraction of sp³-hybridized carbons (Fsp3) is 0.182. The summed E-state index contributed by atoms with van der Waals surface area (Å²) in [6, 6.07) is 5.57. The molecule has 5 nitrogen and oxygen atoms in total. The third-order valence-electron chi connectivity index (χ3n) is 2.54. The highest BCUT2D eigenvalue weighted by molar-refractivity contribution is 7.80. The SMILES string of the molecule is OC1NC(=S)N/C1=C\c1ccc2c(c1)OCO2. The van der Waals surface area contributed by atoms with Crippen LogP contribution in [-0.2, 0) is 0 Å². The third-order valence-corrected chi connectivity index (χ3v) is 2.76. The van der Waals surface area contributed by atoms with Crippen LogP contribution in [-0.4, -0.2) is 23.2 Å². The Morgan fingerprint density at radius 2 is 2.18 bits per heavy atom. The maximum atomic E-state index is 9.63. The fourth-order valence-corrected chi connectivity index (χ4v) is 1.96. The van der Waals surface area contributed by atoms with Crippen LogP contribution in [0.15, 0.2) is 23.9 Å². The molecule has 17 heavy (non-hydrogen) atoms. The molecule has 0 saturated carbocycles. The molecule has 6 heteroatoms. The molecule has 3 N–H and O–H groups in total. The normalized spacial score (nSPS) is 23.7. The van der Waals surface area contributed by atoms with E-state index in [-0.39, 0.29) is 6.79 Å². The molecule has 3 rings (SSSR count). The van der Waals surface area contributed by atoms with Gasteiger partial charge in [0, 0.05) is 0 Å². The van der Waals surface area contributed by atoms with Crippen molar-refractivity contribution >= 4 is 23.4 Å². The Morgan fingerprint density at radius 3 is 2.94 bits per heavy atom. The van der Waals surface area contributed by atoms with Crippen LogP contribution in [0.5, 0.6) is 11.5 Å². The third kappa shape index (κ3) is 1.92. The Bertz CT molecular complexity index is 515. The number of nitrogens with one attached hydrogen (secondary N) is 2. The molecule has 1 saturated heterocycles. The zero-order valence-electron chi connectivity index (χ0n) is 8.77. The van der Waals surface area contributed by atoms with Crippen LogP contribution in [0, 0.1) is 0 Å². The van der Waals surface area contributed by atoms with Gasteiger partial charge < -0.3 is 25.2 Å². The van der Waals surface area contributed by atoms with Gasteiger partial charge in [-0.15, -0.1) is 0 Å². The number of benzene rings is 1. The van der Waals surface area contributed by atoms with Gasteiger partial charge in [-0.2, -0.15) is 0 Å². The fourth-order valence-electron chi connectivity index (χ4n) is 1.73. The standard InChI is InChI=1S/C11H10N2O3S/c14-10-7(12-11(17)13-10)3-6-1-2-8-9(4-6)16-5-15-8/h1-4,10,14H,5H2,(H2,12,13,17)/b7-3-. The highest BCUT2D eigenvalue weighted by atomic mass is 32.1. The summed E-state index contributed by atoms with van der Waals surface area (Å²) in [4.78, 5) is 0. The first-order chi connectivity index (χ1) is 8.22. The second-order valence-electron chi connectivity index (χ2n) is 3.71. The van der Waals surface area contributed by atoms with Crippen molar-refractivity contribution in [2.24, 2.45) is 0 Å². The molecule has 0 aliphatic carbocycles. The van der Waals surface area contributed by atoms with Gasteiger partial charge in [0.1, 0.15) is 0 Å². The van der Waals surface area contributed by atoms with E-state index in [4.69, 9.17) is 21.7 Å². The van der Waals surface area contributed by atoms with Crippen LogP contribution < -0.4 is 20.1 Å². The van der Waals surface area contributed by atoms with Gasteiger partial charge in [0.05, 0.1) is 5.70 Å². The molecule has 2 heterocycles. The monoisotopic (exact) mass is 250 g/mol. The van der Waals surface area contributed by atoms with Crippen molar-refractivity contribution in [3.8, 4) is 11.5 Å². The van der Waals surface area contributed by atoms with E-state index in [1.807, 2.05) is 18.2 Å². The van der Waals surface area contributed by atoms with Crippen molar-refractivity contribution in [3.63, 3.8) is 0 Å². The van der Waals surface area contributed by atoms with Crippen LogP contribution in [0.4, 0.5) is 0 Å². The van der Waals surface area contributed by atoms with Crippen molar-refractivity contribution in [3.05, 3.63) is 29.5 Å². The van der Waals surface area contributed by atoms with Crippen LogP contribution in [0.3, 0.4) is 0 Å². The second-order valence-corrected chi connectivity index (χ2v) is 4.12. The lowest BCUT2D eigenvalue weighted by atomic mass is 10.1. The van der Waals surface area contributed by atoms with Crippen molar-refractivity contribution in [2.45, 2.75) is 6.23 Å².